The number of rotatable bonds is 5. The van der Waals surface area contributed by atoms with E-state index < -0.39 is 5.38 Å². The van der Waals surface area contributed by atoms with Crippen molar-refractivity contribution in [3.8, 4) is 23.1 Å². The lowest BCUT2D eigenvalue weighted by Crippen LogP contribution is -2.20. The fraction of sp³-hybridized carbons (Fsp3) is 0.211. The maximum absolute atomic E-state index is 11.7. The molecule has 0 fully saturated rings. The number of alkyl halides is 1. The first-order valence-corrected chi connectivity index (χ1v) is 8.55. The number of aryl methyl sites for hydroxylation is 1. The van der Waals surface area contributed by atoms with Crippen molar-refractivity contribution in [2.75, 3.05) is 12.4 Å². The summed E-state index contributed by atoms with van der Waals surface area (Å²) >= 11 is 5.78. The number of benzene rings is 2. The summed E-state index contributed by atoms with van der Waals surface area (Å²) in [5.41, 5.74) is 3.56. The number of nitrogens with zero attached hydrogens (tertiary/aromatic N) is 3. The molecule has 3 aromatic rings. The summed E-state index contributed by atoms with van der Waals surface area (Å²) in [6, 6.07) is 15.6. The Morgan fingerprint density at radius 3 is 2.38 bits per heavy atom. The summed E-state index contributed by atoms with van der Waals surface area (Å²) in [7, 11) is 1.53. The van der Waals surface area contributed by atoms with Gasteiger partial charge in [-0.3, -0.25) is 4.79 Å². The number of methoxy groups -OCH3 is 1. The highest BCUT2D eigenvalue weighted by atomic mass is 35.5. The molecule has 0 aliphatic heterocycles. The molecule has 1 N–H and O–H groups in total. The van der Waals surface area contributed by atoms with Gasteiger partial charge >= 0.3 is 6.01 Å². The van der Waals surface area contributed by atoms with Crippen LogP contribution in [-0.4, -0.2) is 33.2 Å². The van der Waals surface area contributed by atoms with E-state index in [-0.39, 0.29) is 11.9 Å². The molecule has 26 heavy (non-hydrogen) atoms. The molecule has 2 aromatic carbocycles. The largest absolute Gasteiger partial charge is 0.466 e. The zero-order valence-corrected chi connectivity index (χ0v) is 15.5. The van der Waals surface area contributed by atoms with E-state index in [0.29, 0.717) is 11.5 Å². The minimum atomic E-state index is -0.595. The highest BCUT2D eigenvalue weighted by molar-refractivity contribution is 6.32. The molecule has 1 amide bonds. The Balaban J connectivity index is 1.94. The predicted octanol–water partition coefficient (Wildman–Crippen LogP) is 3.82. The van der Waals surface area contributed by atoms with E-state index in [1.807, 2.05) is 43.3 Å². The van der Waals surface area contributed by atoms with E-state index >= 15 is 0 Å². The molecule has 1 heterocycles. The van der Waals surface area contributed by atoms with Gasteiger partial charge in [0.05, 0.1) is 12.8 Å². The maximum Gasteiger partial charge on any atom is 0.336 e. The van der Waals surface area contributed by atoms with E-state index in [9.17, 15) is 4.79 Å². The number of carbonyl (C=O) groups excluding carboxylic acids is 1. The SMILES string of the molecule is COc1nc(-c2ccc(C)cc2)n(-c2ccc(NC(=O)[C@@H](C)Cl)cc2)n1. The fourth-order valence-electron chi connectivity index (χ4n) is 2.38. The molecule has 134 valence electrons. The summed E-state index contributed by atoms with van der Waals surface area (Å²) in [5, 5.41) is 6.54. The molecule has 1 atom stereocenters. The average molecular weight is 371 g/mol. The van der Waals surface area contributed by atoms with E-state index in [1.165, 1.54) is 12.7 Å². The van der Waals surface area contributed by atoms with E-state index in [2.05, 4.69) is 15.4 Å². The van der Waals surface area contributed by atoms with E-state index in [0.717, 1.165) is 11.3 Å². The Morgan fingerprint density at radius 2 is 1.81 bits per heavy atom. The molecule has 1 aromatic heterocycles. The van der Waals surface area contributed by atoms with Crippen LogP contribution in [0.3, 0.4) is 0 Å². The van der Waals surface area contributed by atoms with Gasteiger partial charge in [-0.1, -0.05) is 29.8 Å². The molecule has 0 aliphatic rings. The van der Waals surface area contributed by atoms with Crippen molar-refractivity contribution < 1.29 is 9.53 Å². The zero-order valence-electron chi connectivity index (χ0n) is 14.7. The Kier molecular flexibility index (Phi) is 5.23. The van der Waals surface area contributed by atoms with Gasteiger partial charge in [0, 0.05) is 11.3 Å². The lowest BCUT2D eigenvalue weighted by atomic mass is 10.1. The molecule has 0 saturated carbocycles. The molecule has 0 aliphatic carbocycles. The smallest absolute Gasteiger partial charge is 0.336 e. The van der Waals surface area contributed by atoms with Gasteiger partial charge in [-0.15, -0.1) is 16.7 Å². The third kappa shape index (κ3) is 3.86. The number of hydrogen-bond acceptors (Lipinski definition) is 4. The van der Waals surface area contributed by atoms with Crippen LogP contribution in [0.5, 0.6) is 6.01 Å². The van der Waals surface area contributed by atoms with Crippen molar-refractivity contribution in [2.24, 2.45) is 0 Å². The van der Waals surface area contributed by atoms with Gasteiger partial charge in [0.2, 0.25) is 5.91 Å². The summed E-state index contributed by atoms with van der Waals surface area (Å²) in [4.78, 5) is 16.1. The van der Waals surface area contributed by atoms with Crippen LogP contribution in [-0.2, 0) is 4.79 Å². The van der Waals surface area contributed by atoms with Crippen molar-refractivity contribution >= 4 is 23.2 Å². The lowest BCUT2D eigenvalue weighted by Gasteiger charge is -2.09. The number of anilines is 1. The highest BCUT2D eigenvalue weighted by Crippen LogP contribution is 2.24. The number of amides is 1. The normalized spacial score (nSPS) is 11.8. The number of carbonyl (C=O) groups is 1. The number of nitrogens with one attached hydrogen (secondary N) is 1. The summed E-state index contributed by atoms with van der Waals surface area (Å²) < 4.78 is 6.90. The van der Waals surface area contributed by atoms with Gasteiger partial charge in [-0.05, 0) is 38.1 Å². The molecule has 0 bridgehead atoms. The van der Waals surface area contributed by atoms with Crippen molar-refractivity contribution in [2.45, 2.75) is 19.2 Å². The molecular formula is C19H19ClN4O2. The minimum Gasteiger partial charge on any atom is -0.466 e. The summed E-state index contributed by atoms with van der Waals surface area (Å²) in [6.07, 6.45) is 0. The first-order chi connectivity index (χ1) is 12.5. The van der Waals surface area contributed by atoms with E-state index in [1.54, 1.807) is 23.7 Å². The van der Waals surface area contributed by atoms with Crippen molar-refractivity contribution in [3.05, 3.63) is 54.1 Å². The number of halogens is 1. The molecule has 7 heteroatoms. The van der Waals surface area contributed by atoms with Gasteiger partial charge in [-0.25, -0.2) is 4.68 Å². The highest BCUT2D eigenvalue weighted by Gasteiger charge is 2.14. The van der Waals surface area contributed by atoms with Gasteiger partial charge in [0.15, 0.2) is 5.82 Å². The third-order valence-electron chi connectivity index (χ3n) is 3.82. The second-order valence-electron chi connectivity index (χ2n) is 5.85. The molecule has 0 radical (unpaired) electrons. The van der Waals surface area contributed by atoms with Crippen LogP contribution in [0.15, 0.2) is 48.5 Å². The number of aromatic nitrogens is 3. The molecule has 6 nitrogen and oxygen atoms in total. The number of ether oxygens (including phenoxy) is 1. The van der Waals surface area contributed by atoms with Crippen LogP contribution in [0.4, 0.5) is 5.69 Å². The van der Waals surface area contributed by atoms with Crippen molar-refractivity contribution in [1.82, 2.24) is 14.8 Å². The van der Waals surface area contributed by atoms with Crippen LogP contribution in [0.25, 0.3) is 17.1 Å². The minimum absolute atomic E-state index is 0.248. The second kappa shape index (κ2) is 7.58. The fourth-order valence-corrected chi connectivity index (χ4v) is 2.43. The van der Waals surface area contributed by atoms with Crippen LogP contribution >= 0.6 is 11.6 Å². The van der Waals surface area contributed by atoms with Crippen LogP contribution in [0, 0.1) is 6.92 Å². The van der Waals surface area contributed by atoms with Crippen LogP contribution < -0.4 is 10.1 Å². The maximum atomic E-state index is 11.7. The van der Waals surface area contributed by atoms with Gasteiger partial charge in [0.1, 0.15) is 5.38 Å². The first kappa shape index (κ1) is 17.9. The standard InChI is InChI=1S/C19H19ClN4O2/c1-12-4-6-14(7-5-12)17-22-19(26-3)23-24(17)16-10-8-15(9-11-16)21-18(25)13(2)20/h4-11,13H,1-3H3,(H,21,25)/t13-/m1/s1. The Morgan fingerprint density at radius 1 is 1.15 bits per heavy atom. The average Bonchev–Trinajstić information content (AvgIpc) is 3.07. The number of hydrogen-bond donors (Lipinski definition) is 1. The second-order valence-corrected chi connectivity index (χ2v) is 6.51. The lowest BCUT2D eigenvalue weighted by molar-refractivity contribution is -0.115. The van der Waals surface area contributed by atoms with Gasteiger partial charge < -0.3 is 10.1 Å². The Hall–Kier alpha value is -2.86. The molecule has 3 rings (SSSR count). The predicted molar refractivity (Wildman–Crippen MR) is 102 cm³/mol. The zero-order chi connectivity index (χ0) is 18.7. The quantitative estimate of drug-likeness (QED) is 0.693. The molecule has 0 unspecified atom stereocenters. The third-order valence-corrected chi connectivity index (χ3v) is 4.02. The van der Waals surface area contributed by atoms with Crippen molar-refractivity contribution in [1.29, 1.82) is 0 Å². The van der Waals surface area contributed by atoms with Gasteiger partial charge in [-0.2, -0.15) is 4.98 Å². The summed E-state index contributed by atoms with van der Waals surface area (Å²) in [6.45, 7) is 3.66. The molecule has 0 spiro atoms. The molecule has 0 saturated heterocycles. The topological polar surface area (TPSA) is 69.0 Å². The van der Waals surface area contributed by atoms with Gasteiger partial charge in [0.25, 0.3) is 0 Å². The Bertz CT molecular complexity index is 902. The first-order valence-electron chi connectivity index (χ1n) is 8.11. The monoisotopic (exact) mass is 370 g/mol. The summed E-state index contributed by atoms with van der Waals surface area (Å²) in [5.74, 6) is 0.426. The van der Waals surface area contributed by atoms with Crippen molar-refractivity contribution in [3.63, 3.8) is 0 Å². The molecular weight excluding hydrogens is 352 g/mol. The van der Waals surface area contributed by atoms with Crippen LogP contribution in [0.1, 0.15) is 12.5 Å². The van der Waals surface area contributed by atoms with Crippen LogP contribution in [0.2, 0.25) is 0 Å². The van der Waals surface area contributed by atoms with E-state index in [4.69, 9.17) is 16.3 Å². The Labute approximate surface area is 156 Å².